The van der Waals surface area contributed by atoms with Crippen LogP contribution in [0, 0.1) is 6.92 Å². The van der Waals surface area contributed by atoms with Crippen molar-refractivity contribution in [3.63, 3.8) is 0 Å². The normalized spacial score (nSPS) is 17.2. The van der Waals surface area contributed by atoms with Gasteiger partial charge in [-0.3, -0.25) is 14.5 Å². The Balaban J connectivity index is 1.79. The van der Waals surface area contributed by atoms with Crippen molar-refractivity contribution in [2.45, 2.75) is 26.8 Å². The second-order valence-corrected chi connectivity index (χ2v) is 7.77. The molecule has 142 valence electrons. The van der Waals surface area contributed by atoms with E-state index < -0.39 is 10.0 Å². The van der Waals surface area contributed by atoms with E-state index in [1.165, 1.54) is 6.26 Å². The number of sulfonamides is 1. The highest BCUT2D eigenvalue weighted by atomic mass is 32.2. The molecule has 2 aromatic rings. The van der Waals surface area contributed by atoms with Crippen molar-refractivity contribution < 1.29 is 17.6 Å². The molecule has 1 amide bonds. The molecule has 0 radical (unpaired) electrons. The minimum atomic E-state index is -3.71. The second-order valence-electron chi connectivity index (χ2n) is 6.15. The highest BCUT2D eigenvalue weighted by Crippen LogP contribution is 2.31. The molecule has 2 N–H and O–H groups in total. The summed E-state index contributed by atoms with van der Waals surface area (Å²) in [6.45, 7) is 3.88. The number of amidine groups is 1. The molecule has 1 aliphatic rings. The molecule has 1 aliphatic heterocycles. The van der Waals surface area contributed by atoms with Crippen LogP contribution in [0.5, 0.6) is 0 Å². The van der Waals surface area contributed by atoms with Crippen molar-refractivity contribution in [2.75, 3.05) is 6.54 Å². The molecular weight excluding hydrogens is 366 g/mol. The molecule has 0 bridgehead atoms. The summed E-state index contributed by atoms with van der Waals surface area (Å²) in [6, 6.07) is 10.8. The van der Waals surface area contributed by atoms with Crippen molar-refractivity contribution in [3.8, 4) is 0 Å². The number of amides is 1. The topological polar surface area (TPSA) is 101 Å². The molecular formula is C19H21N3O4S. The molecule has 2 heterocycles. The van der Waals surface area contributed by atoms with Crippen molar-refractivity contribution in [2.24, 2.45) is 4.99 Å². The van der Waals surface area contributed by atoms with Crippen LogP contribution >= 0.6 is 0 Å². The van der Waals surface area contributed by atoms with Gasteiger partial charge in [0.2, 0.25) is 5.91 Å². The van der Waals surface area contributed by atoms with Crippen LogP contribution in [0.15, 0.2) is 57.6 Å². The van der Waals surface area contributed by atoms with Gasteiger partial charge in [0.05, 0.1) is 12.8 Å². The molecule has 0 atom stereocenters. The van der Waals surface area contributed by atoms with Crippen LogP contribution in [-0.4, -0.2) is 26.7 Å². The zero-order valence-corrected chi connectivity index (χ0v) is 16.0. The molecule has 1 aromatic heterocycles. The Bertz CT molecular complexity index is 988. The second kappa shape index (κ2) is 7.79. The Hall–Kier alpha value is -2.87. The van der Waals surface area contributed by atoms with Crippen molar-refractivity contribution in [1.29, 1.82) is 0 Å². The number of nitrogens with zero attached hydrogens (tertiary/aromatic N) is 1. The van der Waals surface area contributed by atoms with Gasteiger partial charge in [-0.1, -0.05) is 36.8 Å². The van der Waals surface area contributed by atoms with Crippen LogP contribution < -0.4 is 10.0 Å². The zero-order valence-electron chi connectivity index (χ0n) is 15.2. The highest BCUT2D eigenvalue weighted by Gasteiger charge is 2.33. The SMILES string of the molecule is CCC1=C(c2ccc(C)cc2)S(=O)(=O)NC1=NCC(=O)NCc1ccco1. The summed E-state index contributed by atoms with van der Waals surface area (Å²) < 4.78 is 32.8. The number of nitrogens with one attached hydrogen (secondary N) is 2. The van der Waals surface area contributed by atoms with Gasteiger partial charge in [0.1, 0.15) is 23.0 Å². The molecule has 0 fully saturated rings. The Morgan fingerprint density at radius 3 is 2.59 bits per heavy atom. The number of rotatable bonds is 6. The lowest BCUT2D eigenvalue weighted by Gasteiger charge is -2.04. The fourth-order valence-corrected chi connectivity index (χ4v) is 4.36. The minimum absolute atomic E-state index is 0.177. The first-order valence-electron chi connectivity index (χ1n) is 8.57. The average molecular weight is 387 g/mol. The zero-order chi connectivity index (χ0) is 19.4. The van der Waals surface area contributed by atoms with E-state index >= 15 is 0 Å². The lowest BCUT2D eigenvalue weighted by Crippen LogP contribution is -2.28. The third-order valence-electron chi connectivity index (χ3n) is 4.15. The summed E-state index contributed by atoms with van der Waals surface area (Å²) in [5.74, 6) is 0.534. The van der Waals surface area contributed by atoms with Crippen LogP contribution in [0.2, 0.25) is 0 Å². The number of carbonyl (C=O) groups is 1. The molecule has 3 rings (SSSR count). The van der Waals surface area contributed by atoms with Crippen LogP contribution in [-0.2, 0) is 21.4 Å². The van der Waals surface area contributed by atoms with Gasteiger partial charge in [-0.2, -0.15) is 0 Å². The van der Waals surface area contributed by atoms with E-state index in [0.29, 0.717) is 23.3 Å². The monoisotopic (exact) mass is 387 g/mol. The molecule has 1 aromatic carbocycles. The van der Waals surface area contributed by atoms with Gasteiger partial charge in [-0.25, -0.2) is 8.42 Å². The number of aliphatic imine (C=N–C) groups is 1. The van der Waals surface area contributed by atoms with Gasteiger partial charge < -0.3 is 9.73 Å². The van der Waals surface area contributed by atoms with E-state index in [4.69, 9.17) is 4.42 Å². The predicted molar refractivity (Wildman–Crippen MR) is 103 cm³/mol. The van der Waals surface area contributed by atoms with Crippen molar-refractivity contribution in [3.05, 3.63) is 65.1 Å². The summed E-state index contributed by atoms with van der Waals surface area (Å²) in [5, 5.41) is 2.68. The number of hydrogen-bond acceptors (Lipinski definition) is 5. The third kappa shape index (κ3) is 4.28. The Kier molecular flexibility index (Phi) is 5.46. The van der Waals surface area contributed by atoms with E-state index in [1.54, 1.807) is 24.3 Å². The van der Waals surface area contributed by atoms with Crippen LogP contribution in [0.3, 0.4) is 0 Å². The molecule has 7 nitrogen and oxygen atoms in total. The van der Waals surface area contributed by atoms with Gasteiger partial charge in [0.15, 0.2) is 0 Å². The van der Waals surface area contributed by atoms with E-state index in [2.05, 4.69) is 15.0 Å². The van der Waals surface area contributed by atoms with Gasteiger partial charge in [-0.05, 0) is 31.0 Å². The number of furan rings is 1. The number of carbonyl (C=O) groups excluding carboxylic acids is 1. The van der Waals surface area contributed by atoms with E-state index in [9.17, 15) is 13.2 Å². The predicted octanol–water partition coefficient (Wildman–Crippen LogP) is 2.36. The van der Waals surface area contributed by atoms with E-state index in [-0.39, 0.29) is 29.7 Å². The maximum absolute atomic E-state index is 12.6. The standard InChI is InChI=1S/C19H21N3O4S/c1-3-16-18(14-8-6-13(2)7-9-14)27(24,25)22-19(16)21-12-17(23)20-11-15-5-4-10-26-15/h4-10H,3,11-12H2,1-2H3,(H,20,23)(H,21,22). The quantitative estimate of drug-likeness (QED) is 0.794. The van der Waals surface area contributed by atoms with Crippen LogP contribution in [0.25, 0.3) is 4.91 Å². The Labute approximate surface area is 158 Å². The molecule has 0 aliphatic carbocycles. The van der Waals surface area contributed by atoms with Crippen LogP contribution in [0.1, 0.15) is 30.2 Å². The first kappa shape index (κ1) is 18.9. The number of benzene rings is 1. The molecule has 0 saturated carbocycles. The van der Waals surface area contributed by atoms with Crippen LogP contribution in [0.4, 0.5) is 0 Å². The average Bonchev–Trinajstić information content (AvgIpc) is 3.24. The van der Waals surface area contributed by atoms with Gasteiger partial charge in [0.25, 0.3) is 10.0 Å². The first-order valence-corrected chi connectivity index (χ1v) is 10.1. The fourth-order valence-electron chi connectivity index (χ4n) is 2.81. The summed E-state index contributed by atoms with van der Waals surface area (Å²) in [6.07, 6.45) is 2.00. The molecule has 0 unspecified atom stereocenters. The van der Waals surface area contributed by atoms with Gasteiger partial charge in [-0.15, -0.1) is 0 Å². The third-order valence-corrected chi connectivity index (χ3v) is 5.63. The maximum Gasteiger partial charge on any atom is 0.264 e. The van der Waals surface area contributed by atoms with E-state index in [1.807, 2.05) is 26.0 Å². The van der Waals surface area contributed by atoms with Gasteiger partial charge >= 0.3 is 0 Å². The number of hydrogen-bond donors (Lipinski definition) is 2. The summed E-state index contributed by atoms with van der Waals surface area (Å²) in [4.78, 5) is 16.4. The molecule has 0 spiro atoms. The lowest BCUT2D eigenvalue weighted by molar-refractivity contribution is -0.119. The Morgan fingerprint density at radius 1 is 1.22 bits per heavy atom. The van der Waals surface area contributed by atoms with Gasteiger partial charge in [0, 0.05) is 5.57 Å². The number of aryl methyl sites for hydroxylation is 1. The Morgan fingerprint density at radius 2 is 1.96 bits per heavy atom. The summed E-state index contributed by atoms with van der Waals surface area (Å²) >= 11 is 0. The summed E-state index contributed by atoms with van der Waals surface area (Å²) in [7, 11) is -3.71. The molecule has 0 saturated heterocycles. The first-order chi connectivity index (χ1) is 12.9. The molecule has 8 heteroatoms. The smallest absolute Gasteiger partial charge is 0.264 e. The summed E-state index contributed by atoms with van der Waals surface area (Å²) in [5.41, 5.74) is 2.23. The van der Waals surface area contributed by atoms with Crippen molar-refractivity contribution >= 4 is 26.7 Å². The highest BCUT2D eigenvalue weighted by molar-refractivity contribution is 8.00. The fraction of sp³-hybridized carbons (Fsp3) is 0.263. The molecule has 27 heavy (non-hydrogen) atoms. The van der Waals surface area contributed by atoms with E-state index in [0.717, 1.165) is 5.56 Å². The minimum Gasteiger partial charge on any atom is -0.467 e. The lowest BCUT2D eigenvalue weighted by atomic mass is 10.1. The maximum atomic E-state index is 12.6. The van der Waals surface area contributed by atoms with Crippen molar-refractivity contribution in [1.82, 2.24) is 10.0 Å². The largest absolute Gasteiger partial charge is 0.467 e.